The lowest BCUT2D eigenvalue weighted by Crippen LogP contribution is -2.30. The molecule has 1 aromatic carbocycles. The highest BCUT2D eigenvalue weighted by atomic mass is 35.5. The standard InChI is InChI=1S/C14H19Cl2N3O/c1-9-3-2-5-19(9)6-4-13(20)18-14-11(16)7-10(15)8-12(14)17/h7-9H,2-6,17H2,1H3,(H,18,20). The minimum atomic E-state index is -0.0833. The van der Waals surface area contributed by atoms with Crippen molar-refractivity contribution in [3.05, 3.63) is 22.2 Å². The van der Waals surface area contributed by atoms with Crippen LogP contribution in [0.3, 0.4) is 0 Å². The van der Waals surface area contributed by atoms with Crippen LogP contribution in [0.25, 0.3) is 0 Å². The largest absolute Gasteiger partial charge is 0.397 e. The van der Waals surface area contributed by atoms with Gasteiger partial charge in [0.25, 0.3) is 0 Å². The first-order chi connectivity index (χ1) is 9.47. The van der Waals surface area contributed by atoms with Crippen LogP contribution in [-0.2, 0) is 4.79 Å². The van der Waals surface area contributed by atoms with Gasteiger partial charge in [0.1, 0.15) is 0 Å². The number of benzene rings is 1. The van der Waals surface area contributed by atoms with Gasteiger partial charge in [0, 0.05) is 24.0 Å². The van der Waals surface area contributed by atoms with E-state index in [1.165, 1.54) is 12.8 Å². The van der Waals surface area contributed by atoms with Gasteiger partial charge in [-0.25, -0.2) is 0 Å². The Hall–Kier alpha value is -0.970. The molecule has 0 aliphatic carbocycles. The van der Waals surface area contributed by atoms with Crippen LogP contribution in [0.5, 0.6) is 0 Å². The quantitative estimate of drug-likeness (QED) is 0.837. The van der Waals surface area contributed by atoms with Crippen molar-refractivity contribution in [2.24, 2.45) is 0 Å². The molecule has 4 nitrogen and oxygen atoms in total. The zero-order valence-corrected chi connectivity index (χ0v) is 13.0. The number of nitrogen functional groups attached to an aromatic ring is 1. The lowest BCUT2D eigenvalue weighted by molar-refractivity contribution is -0.116. The van der Waals surface area contributed by atoms with Gasteiger partial charge in [-0.15, -0.1) is 0 Å². The molecule has 3 N–H and O–H groups in total. The normalized spacial score (nSPS) is 19.2. The maximum Gasteiger partial charge on any atom is 0.225 e. The molecule has 2 rings (SSSR count). The summed E-state index contributed by atoms with van der Waals surface area (Å²) in [6.07, 6.45) is 2.85. The number of halogens is 2. The zero-order chi connectivity index (χ0) is 14.7. The summed E-state index contributed by atoms with van der Waals surface area (Å²) in [5, 5.41) is 3.58. The minimum Gasteiger partial charge on any atom is -0.397 e. The number of hydrogen-bond donors (Lipinski definition) is 2. The second-order valence-corrected chi connectivity index (χ2v) is 6.02. The number of carbonyl (C=O) groups is 1. The lowest BCUT2D eigenvalue weighted by Gasteiger charge is -2.20. The second kappa shape index (κ2) is 6.66. The van der Waals surface area contributed by atoms with Gasteiger partial charge in [-0.3, -0.25) is 4.79 Å². The number of amides is 1. The summed E-state index contributed by atoms with van der Waals surface area (Å²) in [4.78, 5) is 14.3. The number of hydrogen-bond acceptors (Lipinski definition) is 3. The van der Waals surface area contributed by atoms with Crippen LogP contribution < -0.4 is 11.1 Å². The summed E-state index contributed by atoms with van der Waals surface area (Å²) >= 11 is 11.9. The third kappa shape index (κ3) is 3.78. The van der Waals surface area contributed by atoms with Crippen LogP contribution in [0, 0.1) is 0 Å². The Bertz CT molecular complexity index is 484. The molecule has 6 heteroatoms. The number of nitrogens with one attached hydrogen (secondary N) is 1. The average molecular weight is 316 g/mol. The van der Waals surface area contributed by atoms with Gasteiger partial charge in [0.15, 0.2) is 0 Å². The highest BCUT2D eigenvalue weighted by molar-refractivity contribution is 6.37. The summed E-state index contributed by atoms with van der Waals surface area (Å²) in [5.41, 5.74) is 6.64. The molecule has 1 saturated heterocycles. The SMILES string of the molecule is CC1CCCN1CCC(=O)Nc1c(N)cc(Cl)cc1Cl. The molecule has 0 radical (unpaired) electrons. The Morgan fingerprint density at radius 1 is 1.50 bits per heavy atom. The van der Waals surface area contributed by atoms with Crippen LogP contribution in [0.2, 0.25) is 10.0 Å². The van der Waals surface area contributed by atoms with Crippen molar-refractivity contribution in [1.29, 1.82) is 0 Å². The van der Waals surface area contributed by atoms with E-state index in [-0.39, 0.29) is 5.91 Å². The smallest absolute Gasteiger partial charge is 0.225 e. The Kier molecular flexibility index (Phi) is 5.13. The molecule has 0 aromatic heterocycles. The molecular weight excluding hydrogens is 297 g/mol. The topological polar surface area (TPSA) is 58.4 Å². The molecule has 1 heterocycles. The van der Waals surface area contributed by atoms with Crippen LogP contribution in [0.4, 0.5) is 11.4 Å². The minimum absolute atomic E-state index is 0.0833. The van der Waals surface area contributed by atoms with Crippen molar-refractivity contribution in [2.75, 3.05) is 24.1 Å². The molecule has 1 unspecified atom stereocenters. The molecule has 110 valence electrons. The van der Waals surface area contributed by atoms with Crippen molar-refractivity contribution in [2.45, 2.75) is 32.2 Å². The van der Waals surface area contributed by atoms with E-state index in [1.807, 2.05) is 0 Å². The molecule has 1 amide bonds. The lowest BCUT2D eigenvalue weighted by atomic mass is 10.2. The molecule has 1 atom stereocenters. The van der Waals surface area contributed by atoms with Gasteiger partial charge in [-0.05, 0) is 38.4 Å². The summed E-state index contributed by atoms with van der Waals surface area (Å²) < 4.78 is 0. The molecular formula is C14H19Cl2N3O. The number of carbonyl (C=O) groups excluding carboxylic acids is 1. The van der Waals surface area contributed by atoms with E-state index in [4.69, 9.17) is 28.9 Å². The van der Waals surface area contributed by atoms with E-state index in [2.05, 4.69) is 17.1 Å². The van der Waals surface area contributed by atoms with Gasteiger partial charge >= 0.3 is 0 Å². The highest BCUT2D eigenvalue weighted by Crippen LogP contribution is 2.32. The molecule has 1 aromatic rings. The number of nitrogens with two attached hydrogens (primary N) is 1. The molecule has 0 saturated carbocycles. The third-order valence-corrected chi connectivity index (χ3v) is 4.18. The van der Waals surface area contributed by atoms with Gasteiger partial charge in [-0.2, -0.15) is 0 Å². The van der Waals surface area contributed by atoms with Gasteiger partial charge < -0.3 is 16.0 Å². The van der Waals surface area contributed by atoms with Crippen LogP contribution in [-0.4, -0.2) is 29.9 Å². The van der Waals surface area contributed by atoms with Crippen molar-refractivity contribution in [1.82, 2.24) is 4.90 Å². The van der Waals surface area contributed by atoms with E-state index < -0.39 is 0 Å². The van der Waals surface area contributed by atoms with E-state index in [1.54, 1.807) is 12.1 Å². The number of nitrogens with zero attached hydrogens (tertiary/aromatic N) is 1. The van der Waals surface area contributed by atoms with Gasteiger partial charge in [-0.1, -0.05) is 23.2 Å². The fourth-order valence-corrected chi connectivity index (χ4v) is 3.05. The first kappa shape index (κ1) is 15.4. The van der Waals surface area contributed by atoms with E-state index in [0.717, 1.165) is 13.1 Å². The molecule has 1 aliphatic rings. The molecule has 1 aliphatic heterocycles. The summed E-state index contributed by atoms with van der Waals surface area (Å²) in [5.74, 6) is -0.0833. The molecule has 0 spiro atoms. The number of likely N-dealkylation sites (tertiary alicyclic amines) is 1. The molecule has 0 bridgehead atoms. The predicted molar refractivity (Wildman–Crippen MR) is 84.4 cm³/mol. The Morgan fingerprint density at radius 2 is 2.25 bits per heavy atom. The van der Waals surface area contributed by atoms with Crippen molar-refractivity contribution in [3.63, 3.8) is 0 Å². The summed E-state index contributed by atoms with van der Waals surface area (Å²) in [6.45, 7) is 4.02. The monoisotopic (exact) mass is 315 g/mol. The van der Waals surface area contributed by atoms with Crippen LogP contribution in [0.1, 0.15) is 26.2 Å². The van der Waals surface area contributed by atoms with E-state index in [9.17, 15) is 4.79 Å². The van der Waals surface area contributed by atoms with Crippen molar-refractivity contribution >= 4 is 40.5 Å². The predicted octanol–water partition coefficient (Wildman–Crippen LogP) is 3.39. The van der Waals surface area contributed by atoms with Crippen LogP contribution in [0.15, 0.2) is 12.1 Å². The Balaban J connectivity index is 1.91. The van der Waals surface area contributed by atoms with Crippen molar-refractivity contribution in [3.8, 4) is 0 Å². The first-order valence-corrected chi connectivity index (χ1v) is 7.51. The van der Waals surface area contributed by atoms with Gasteiger partial charge in [0.2, 0.25) is 5.91 Å². The van der Waals surface area contributed by atoms with Crippen LogP contribution >= 0.6 is 23.2 Å². The first-order valence-electron chi connectivity index (χ1n) is 6.76. The van der Waals surface area contributed by atoms with Crippen molar-refractivity contribution < 1.29 is 4.79 Å². The molecule has 1 fully saturated rings. The van der Waals surface area contributed by atoms with E-state index in [0.29, 0.717) is 33.9 Å². The number of anilines is 2. The Labute approximate surface area is 129 Å². The van der Waals surface area contributed by atoms with E-state index >= 15 is 0 Å². The summed E-state index contributed by atoms with van der Waals surface area (Å²) in [6, 6.07) is 3.70. The molecule has 20 heavy (non-hydrogen) atoms. The fourth-order valence-electron chi connectivity index (χ4n) is 2.50. The summed E-state index contributed by atoms with van der Waals surface area (Å²) in [7, 11) is 0. The maximum absolute atomic E-state index is 12.0. The maximum atomic E-state index is 12.0. The highest BCUT2D eigenvalue weighted by Gasteiger charge is 2.20. The fraction of sp³-hybridized carbons (Fsp3) is 0.500. The average Bonchev–Trinajstić information content (AvgIpc) is 2.77. The Morgan fingerprint density at radius 3 is 2.85 bits per heavy atom. The zero-order valence-electron chi connectivity index (χ0n) is 11.5. The number of rotatable bonds is 4. The second-order valence-electron chi connectivity index (χ2n) is 5.18. The third-order valence-electron chi connectivity index (χ3n) is 3.67. The van der Waals surface area contributed by atoms with Gasteiger partial charge in [0.05, 0.1) is 16.4 Å².